The number of aryl methyl sites for hydroxylation is 1. The molecule has 0 unspecified atom stereocenters. The van der Waals surface area contributed by atoms with E-state index in [1.807, 2.05) is 0 Å². The zero-order valence-corrected chi connectivity index (χ0v) is 13.1. The summed E-state index contributed by atoms with van der Waals surface area (Å²) in [6, 6.07) is 0. The molecule has 0 saturated carbocycles. The Kier molecular flexibility index (Phi) is 4.86. The summed E-state index contributed by atoms with van der Waals surface area (Å²) in [5.74, 6) is 0.171. The van der Waals surface area contributed by atoms with Gasteiger partial charge < -0.3 is 15.3 Å². The minimum atomic E-state index is -0.268. The average molecular weight is 294 g/mol. The van der Waals surface area contributed by atoms with Crippen LogP contribution in [0.25, 0.3) is 0 Å². The van der Waals surface area contributed by atoms with Gasteiger partial charge in [-0.3, -0.25) is 9.88 Å². The second-order valence-electron chi connectivity index (χ2n) is 6.88. The van der Waals surface area contributed by atoms with Crippen LogP contribution in [0, 0.1) is 12.3 Å². The van der Waals surface area contributed by atoms with E-state index in [1.165, 1.54) is 0 Å². The molecule has 1 aromatic rings. The molecule has 1 aliphatic rings. The summed E-state index contributed by atoms with van der Waals surface area (Å²) in [4.78, 5) is 6.33. The van der Waals surface area contributed by atoms with Gasteiger partial charge in [0.2, 0.25) is 0 Å². The quantitative estimate of drug-likeness (QED) is 0.789. The van der Waals surface area contributed by atoms with Crippen molar-refractivity contribution in [2.75, 3.05) is 13.1 Å². The molecule has 118 valence electrons. The van der Waals surface area contributed by atoms with Crippen LogP contribution in [-0.2, 0) is 13.2 Å². The predicted molar refractivity (Wildman–Crippen MR) is 80.9 cm³/mol. The number of likely N-dealkylation sites (tertiary alicyclic amines) is 1. The molecule has 0 amide bonds. The van der Waals surface area contributed by atoms with E-state index in [9.17, 15) is 15.3 Å². The van der Waals surface area contributed by atoms with Crippen molar-refractivity contribution in [2.45, 2.75) is 52.9 Å². The molecular formula is C16H26N2O3. The number of rotatable bonds is 3. The van der Waals surface area contributed by atoms with Crippen molar-refractivity contribution >= 4 is 0 Å². The number of hydrogen-bond acceptors (Lipinski definition) is 5. The molecule has 1 atom stereocenters. The van der Waals surface area contributed by atoms with Crippen molar-refractivity contribution < 1.29 is 15.3 Å². The van der Waals surface area contributed by atoms with Crippen molar-refractivity contribution in [3.63, 3.8) is 0 Å². The van der Waals surface area contributed by atoms with Gasteiger partial charge >= 0.3 is 0 Å². The van der Waals surface area contributed by atoms with E-state index >= 15 is 0 Å². The van der Waals surface area contributed by atoms with E-state index < -0.39 is 0 Å². The molecule has 1 fully saturated rings. The van der Waals surface area contributed by atoms with Crippen LogP contribution in [0.5, 0.6) is 5.75 Å². The summed E-state index contributed by atoms with van der Waals surface area (Å²) in [6.07, 6.45) is 2.89. The summed E-state index contributed by atoms with van der Waals surface area (Å²) in [7, 11) is 0. The molecule has 0 aliphatic carbocycles. The number of aromatic hydroxyl groups is 1. The number of hydrogen-bond donors (Lipinski definition) is 3. The summed E-state index contributed by atoms with van der Waals surface area (Å²) >= 11 is 0. The van der Waals surface area contributed by atoms with Crippen LogP contribution >= 0.6 is 0 Å². The Morgan fingerprint density at radius 2 is 2.14 bits per heavy atom. The molecule has 0 spiro atoms. The Labute approximate surface area is 126 Å². The molecule has 5 nitrogen and oxygen atoms in total. The maximum absolute atomic E-state index is 10.2. The Hall–Kier alpha value is -1.17. The van der Waals surface area contributed by atoms with Crippen LogP contribution in [0.15, 0.2) is 6.20 Å². The fourth-order valence-electron chi connectivity index (χ4n) is 3.18. The fraction of sp³-hybridized carbons (Fsp3) is 0.688. The smallest absolute Gasteiger partial charge is 0.141 e. The van der Waals surface area contributed by atoms with Gasteiger partial charge in [0.05, 0.1) is 18.4 Å². The lowest BCUT2D eigenvalue weighted by atomic mass is 9.87. The maximum Gasteiger partial charge on any atom is 0.141 e. The highest BCUT2D eigenvalue weighted by atomic mass is 16.3. The van der Waals surface area contributed by atoms with Crippen molar-refractivity contribution in [1.29, 1.82) is 0 Å². The topological polar surface area (TPSA) is 76.8 Å². The molecular weight excluding hydrogens is 268 g/mol. The monoisotopic (exact) mass is 294 g/mol. The minimum Gasteiger partial charge on any atom is -0.506 e. The van der Waals surface area contributed by atoms with Crippen LogP contribution < -0.4 is 0 Å². The van der Waals surface area contributed by atoms with E-state index in [1.54, 1.807) is 13.1 Å². The highest BCUT2D eigenvalue weighted by Crippen LogP contribution is 2.31. The van der Waals surface area contributed by atoms with Gasteiger partial charge in [-0.2, -0.15) is 0 Å². The second kappa shape index (κ2) is 6.30. The van der Waals surface area contributed by atoms with E-state index in [0.29, 0.717) is 17.8 Å². The molecule has 21 heavy (non-hydrogen) atoms. The molecule has 2 rings (SSSR count). The van der Waals surface area contributed by atoms with Crippen LogP contribution in [0.2, 0.25) is 0 Å². The molecule has 0 radical (unpaired) electrons. The first kappa shape index (κ1) is 16.2. The molecule has 1 saturated heterocycles. The van der Waals surface area contributed by atoms with Crippen molar-refractivity contribution in [3.05, 3.63) is 23.0 Å². The number of pyridine rings is 1. The maximum atomic E-state index is 10.2. The first-order valence-corrected chi connectivity index (χ1v) is 7.50. The van der Waals surface area contributed by atoms with Crippen LogP contribution in [0.3, 0.4) is 0 Å². The van der Waals surface area contributed by atoms with Gasteiger partial charge in [0.25, 0.3) is 0 Å². The third kappa shape index (κ3) is 3.93. The lowest BCUT2D eigenvalue weighted by Crippen LogP contribution is -2.32. The van der Waals surface area contributed by atoms with E-state index in [0.717, 1.165) is 31.5 Å². The third-order valence-corrected chi connectivity index (χ3v) is 4.20. The average Bonchev–Trinajstić information content (AvgIpc) is 2.53. The molecule has 2 heterocycles. The molecule has 5 heteroatoms. The van der Waals surface area contributed by atoms with Gasteiger partial charge in [-0.15, -0.1) is 0 Å². The van der Waals surface area contributed by atoms with Gasteiger partial charge in [0, 0.05) is 37.0 Å². The number of aromatic nitrogens is 1. The summed E-state index contributed by atoms with van der Waals surface area (Å²) in [6.45, 7) is 8.15. The number of aliphatic hydroxyl groups excluding tert-OH is 2. The lowest BCUT2D eigenvalue weighted by Gasteiger charge is -2.30. The van der Waals surface area contributed by atoms with Crippen LogP contribution in [0.1, 0.15) is 43.5 Å². The Bertz CT molecular complexity index is 503. The molecule has 1 aliphatic heterocycles. The highest BCUT2D eigenvalue weighted by molar-refractivity contribution is 5.40. The molecule has 1 aromatic heterocycles. The normalized spacial score (nSPS) is 23.0. The first-order valence-electron chi connectivity index (χ1n) is 7.50. The SMILES string of the molecule is Cc1ncc(CO)c(CN2CC[C@H](O)CC(C)(C)C2)c1O. The lowest BCUT2D eigenvalue weighted by molar-refractivity contribution is 0.121. The van der Waals surface area contributed by atoms with E-state index in [2.05, 4.69) is 23.7 Å². The molecule has 0 bridgehead atoms. The Morgan fingerprint density at radius 3 is 2.81 bits per heavy atom. The van der Waals surface area contributed by atoms with Gasteiger partial charge in [-0.05, 0) is 25.2 Å². The van der Waals surface area contributed by atoms with Crippen molar-refractivity contribution in [2.24, 2.45) is 5.41 Å². The zero-order valence-electron chi connectivity index (χ0n) is 13.1. The molecule has 0 aromatic carbocycles. The molecule has 3 N–H and O–H groups in total. The fourth-order valence-corrected chi connectivity index (χ4v) is 3.18. The standard InChI is InChI=1S/C16H26N2O3/c1-11-15(21)14(12(9-19)7-17-11)8-18-5-4-13(20)6-16(2,3)10-18/h7,13,19-21H,4-6,8-10H2,1-3H3/t13-/m0/s1. The highest BCUT2D eigenvalue weighted by Gasteiger charge is 2.29. The van der Waals surface area contributed by atoms with E-state index in [-0.39, 0.29) is 23.9 Å². The number of aliphatic hydroxyl groups is 2. The van der Waals surface area contributed by atoms with Crippen molar-refractivity contribution in [3.8, 4) is 5.75 Å². The second-order valence-corrected chi connectivity index (χ2v) is 6.88. The summed E-state index contributed by atoms with van der Waals surface area (Å²) in [5.41, 5.74) is 2.03. The van der Waals surface area contributed by atoms with Gasteiger partial charge in [-0.1, -0.05) is 13.8 Å². The summed E-state index contributed by atoms with van der Waals surface area (Å²) in [5, 5.41) is 29.7. The Balaban J connectivity index is 2.23. The minimum absolute atomic E-state index is 0.0347. The Morgan fingerprint density at radius 1 is 1.43 bits per heavy atom. The van der Waals surface area contributed by atoms with E-state index in [4.69, 9.17) is 0 Å². The largest absolute Gasteiger partial charge is 0.506 e. The van der Waals surface area contributed by atoms with Gasteiger partial charge in [0.15, 0.2) is 0 Å². The third-order valence-electron chi connectivity index (χ3n) is 4.20. The predicted octanol–water partition coefficient (Wildman–Crippen LogP) is 1.57. The van der Waals surface area contributed by atoms with Gasteiger partial charge in [-0.25, -0.2) is 0 Å². The van der Waals surface area contributed by atoms with Crippen LogP contribution in [0.4, 0.5) is 0 Å². The van der Waals surface area contributed by atoms with Gasteiger partial charge in [0.1, 0.15) is 5.75 Å². The van der Waals surface area contributed by atoms with Crippen LogP contribution in [-0.4, -0.2) is 44.4 Å². The zero-order chi connectivity index (χ0) is 15.6. The first-order chi connectivity index (χ1) is 9.82. The summed E-state index contributed by atoms with van der Waals surface area (Å²) < 4.78 is 0. The van der Waals surface area contributed by atoms with Crippen molar-refractivity contribution in [1.82, 2.24) is 9.88 Å². The number of nitrogens with zero attached hydrogens (tertiary/aromatic N) is 2.